The van der Waals surface area contributed by atoms with Crippen molar-refractivity contribution in [1.82, 2.24) is 0 Å². The summed E-state index contributed by atoms with van der Waals surface area (Å²) in [6, 6.07) is 2.58. The van der Waals surface area contributed by atoms with Crippen molar-refractivity contribution in [3.05, 3.63) is 28.8 Å². The Hall–Kier alpha value is -1.40. The van der Waals surface area contributed by atoms with Crippen LogP contribution in [0.2, 0.25) is 0 Å². The van der Waals surface area contributed by atoms with Gasteiger partial charge in [-0.25, -0.2) is 13.2 Å². The molecule has 0 fully saturated rings. The Balaban J connectivity index is 2.70. The summed E-state index contributed by atoms with van der Waals surface area (Å²) in [7, 11) is -2.10. The van der Waals surface area contributed by atoms with Gasteiger partial charge in [-0.1, -0.05) is 13.0 Å². The van der Waals surface area contributed by atoms with Crippen molar-refractivity contribution in [2.75, 3.05) is 12.9 Å². The molecule has 18 heavy (non-hydrogen) atoms. The van der Waals surface area contributed by atoms with Crippen molar-refractivity contribution < 1.29 is 17.9 Å². The van der Waals surface area contributed by atoms with Gasteiger partial charge < -0.3 is 10.5 Å². The summed E-state index contributed by atoms with van der Waals surface area (Å²) in [4.78, 5) is 11.8. The molecule has 0 spiro atoms. The number of benzene rings is 1. The SMILES string of the molecule is CCc1cc2c(cc1C(=O)OC)S(=O)(=O)CC2N. The molecule has 2 rings (SSSR count). The molecule has 98 valence electrons. The molecule has 0 radical (unpaired) electrons. The maximum atomic E-state index is 11.9. The molecular formula is C12H15NO4S. The van der Waals surface area contributed by atoms with Crippen LogP contribution in [-0.4, -0.2) is 27.2 Å². The Kier molecular flexibility index (Phi) is 3.16. The summed E-state index contributed by atoms with van der Waals surface area (Å²) >= 11 is 0. The van der Waals surface area contributed by atoms with Crippen LogP contribution in [-0.2, 0) is 21.0 Å². The highest BCUT2D eigenvalue weighted by Crippen LogP contribution is 2.34. The lowest BCUT2D eigenvalue weighted by Gasteiger charge is -2.10. The van der Waals surface area contributed by atoms with Crippen LogP contribution < -0.4 is 5.73 Å². The van der Waals surface area contributed by atoms with Gasteiger partial charge in [0.25, 0.3) is 0 Å². The number of aryl methyl sites for hydroxylation is 1. The highest BCUT2D eigenvalue weighted by Gasteiger charge is 2.34. The number of nitrogens with two attached hydrogens (primary N) is 1. The number of hydrogen-bond acceptors (Lipinski definition) is 5. The molecule has 6 heteroatoms. The van der Waals surface area contributed by atoms with Gasteiger partial charge in [0.2, 0.25) is 0 Å². The van der Waals surface area contributed by atoms with Gasteiger partial charge in [0.15, 0.2) is 9.84 Å². The molecular weight excluding hydrogens is 254 g/mol. The number of esters is 1. The largest absolute Gasteiger partial charge is 0.465 e. The molecule has 1 aliphatic heterocycles. The first-order valence-corrected chi connectivity index (χ1v) is 7.29. The monoisotopic (exact) mass is 269 g/mol. The molecule has 2 N–H and O–H groups in total. The van der Waals surface area contributed by atoms with Gasteiger partial charge in [0.05, 0.1) is 23.3 Å². The van der Waals surface area contributed by atoms with Crippen molar-refractivity contribution in [2.24, 2.45) is 5.73 Å². The minimum atomic E-state index is -3.38. The standard InChI is InChI=1S/C12H15NO4S/c1-3-7-4-9-10(13)6-18(15,16)11(9)5-8(7)12(14)17-2/h4-5,10H,3,6,13H2,1-2H3. The first-order valence-electron chi connectivity index (χ1n) is 5.64. The summed E-state index contributed by atoms with van der Waals surface area (Å²) in [5, 5.41) is 0. The Morgan fingerprint density at radius 1 is 1.50 bits per heavy atom. The average Bonchev–Trinajstić information content (AvgIpc) is 2.57. The van der Waals surface area contributed by atoms with Crippen LogP contribution in [0.3, 0.4) is 0 Å². The van der Waals surface area contributed by atoms with Gasteiger partial charge in [-0.3, -0.25) is 0 Å². The summed E-state index contributed by atoms with van der Waals surface area (Å²) in [5.41, 5.74) is 7.47. The molecule has 1 aliphatic rings. The van der Waals surface area contributed by atoms with E-state index in [0.29, 0.717) is 17.5 Å². The van der Waals surface area contributed by atoms with Crippen molar-refractivity contribution in [3.8, 4) is 0 Å². The van der Waals surface area contributed by atoms with Crippen LogP contribution in [0.25, 0.3) is 0 Å². The molecule has 1 heterocycles. The van der Waals surface area contributed by atoms with Crippen LogP contribution in [0.5, 0.6) is 0 Å². The molecule has 1 aromatic carbocycles. The normalized spacial score (nSPS) is 20.5. The maximum absolute atomic E-state index is 11.9. The number of carbonyl (C=O) groups is 1. The van der Waals surface area contributed by atoms with Crippen molar-refractivity contribution in [2.45, 2.75) is 24.3 Å². The predicted molar refractivity (Wildman–Crippen MR) is 66.1 cm³/mol. The number of ether oxygens (including phenoxy) is 1. The Bertz CT molecular complexity index is 607. The number of sulfone groups is 1. The average molecular weight is 269 g/mol. The second kappa shape index (κ2) is 4.37. The summed E-state index contributed by atoms with van der Waals surface area (Å²) in [5.74, 6) is -0.624. The van der Waals surface area contributed by atoms with E-state index in [4.69, 9.17) is 5.73 Å². The third-order valence-corrected chi connectivity index (χ3v) is 4.98. The minimum absolute atomic E-state index is 0.101. The Morgan fingerprint density at radius 2 is 2.17 bits per heavy atom. The van der Waals surface area contributed by atoms with Gasteiger partial charge >= 0.3 is 5.97 Å². The first kappa shape index (κ1) is 13.0. The number of carbonyl (C=O) groups excluding carboxylic acids is 1. The lowest BCUT2D eigenvalue weighted by atomic mass is 9.99. The smallest absolute Gasteiger partial charge is 0.338 e. The van der Waals surface area contributed by atoms with E-state index in [-0.39, 0.29) is 10.6 Å². The lowest BCUT2D eigenvalue weighted by Crippen LogP contribution is -2.12. The fourth-order valence-corrected chi connectivity index (χ4v) is 3.91. The predicted octanol–water partition coefficient (Wildman–Crippen LogP) is 0.823. The molecule has 5 nitrogen and oxygen atoms in total. The topological polar surface area (TPSA) is 86.5 Å². The molecule has 0 amide bonds. The second-order valence-corrected chi connectivity index (χ2v) is 6.28. The van der Waals surface area contributed by atoms with Crippen LogP contribution in [0.4, 0.5) is 0 Å². The van der Waals surface area contributed by atoms with Crippen LogP contribution in [0.1, 0.15) is 34.5 Å². The zero-order valence-corrected chi connectivity index (χ0v) is 11.1. The summed E-state index contributed by atoms with van der Waals surface area (Å²) < 4.78 is 28.5. The quantitative estimate of drug-likeness (QED) is 0.803. The molecule has 0 saturated heterocycles. The van der Waals surface area contributed by atoms with E-state index >= 15 is 0 Å². The van der Waals surface area contributed by atoms with Gasteiger partial charge in [0, 0.05) is 6.04 Å². The zero-order chi connectivity index (χ0) is 13.5. The van der Waals surface area contributed by atoms with Crippen LogP contribution >= 0.6 is 0 Å². The van der Waals surface area contributed by atoms with E-state index < -0.39 is 21.8 Å². The lowest BCUT2D eigenvalue weighted by molar-refractivity contribution is 0.0599. The van der Waals surface area contributed by atoms with E-state index in [2.05, 4.69) is 4.74 Å². The van der Waals surface area contributed by atoms with Gasteiger partial charge in [0.1, 0.15) is 0 Å². The maximum Gasteiger partial charge on any atom is 0.338 e. The van der Waals surface area contributed by atoms with Gasteiger partial charge in [-0.2, -0.15) is 0 Å². The number of rotatable bonds is 2. The van der Waals surface area contributed by atoms with E-state index in [1.165, 1.54) is 13.2 Å². The molecule has 0 bridgehead atoms. The van der Waals surface area contributed by atoms with E-state index in [9.17, 15) is 13.2 Å². The van der Waals surface area contributed by atoms with Crippen LogP contribution in [0.15, 0.2) is 17.0 Å². The summed E-state index contributed by atoms with van der Waals surface area (Å²) in [6.07, 6.45) is 0.616. The second-order valence-electron chi connectivity index (χ2n) is 4.28. The Labute approximate surface area is 106 Å². The van der Waals surface area contributed by atoms with Crippen molar-refractivity contribution in [3.63, 3.8) is 0 Å². The molecule has 1 atom stereocenters. The van der Waals surface area contributed by atoms with E-state index in [1.54, 1.807) is 6.07 Å². The number of hydrogen-bond donors (Lipinski definition) is 1. The van der Waals surface area contributed by atoms with Crippen molar-refractivity contribution in [1.29, 1.82) is 0 Å². The van der Waals surface area contributed by atoms with Crippen molar-refractivity contribution >= 4 is 15.8 Å². The highest BCUT2D eigenvalue weighted by molar-refractivity contribution is 7.91. The fourth-order valence-electron chi connectivity index (χ4n) is 2.21. The van der Waals surface area contributed by atoms with Gasteiger partial charge in [-0.05, 0) is 23.6 Å². The van der Waals surface area contributed by atoms with Gasteiger partial charge in [-0.15, -0.1) is 0 Å². The molecule has 0 aromatic heterocycles. The summed E-state index contributed by atoms with van der Waals surface area (Å²) in [6.45, 7) is 1.89. The Morgan fingerprint density at radius 3 is 2.72 bits per heavy atom. The minimum Gasteiger partial charge on any atom is -0.465 e. The zero-order valence-electron chi connectivity index (χ0n) is 10.3. The third-order valence-electron chi connectivity index (χ3n) is 3.16. The molecule has 1 unspecified atom stereocenters. The molecule has 1 aromatic rings. The molecule has 0 aliphatic carbocycles. The van der Waals surface area contributed by atoms with Crippen LogP contribution in [0, 0.1) is 0 Å². The number of methoxy groups -OCH3 is 1. The van der Waals surface area contributed by atoms with E-state index in [1.807, 2.05) is 6.92 Å². The number of fused-ring (bicyclic) bond motifs is 1. The highest BCUT2D eigenvalue weighted by atomic mass is 32.2. The fraction of sp³-hybridized carbons (Fsp3) is 0.417. The first-order chi connectivity index (χ1) is 8.40. The van der Waals surface area contributed by atoms with E-state index in [0.717, 1.165) is 5.56 Å². The third kappa shape index (κ3) is 1.91. The molecule has 0 saturated carbocycles.